The number of fused-ring (bicyclic) bond motifs is 1. The standard InChI is InChI=1S/C13H16N2O3/c16-11-1-8(2-12(17)3-11)13(18)15-6-9-4-14-5-10(9)7-15/h1-3,9-10,14,16-17H,4-7H2. The van der Waals surface area contributed by atoms with Crippen molar-refractivity contribution in [2.75, 3.05) is 26.2 Å². The molecular formula is C13H16N2O3. The molecule has 2 fully saturated rings. The second-order valence-electron chi connectivity index (χ2n) is 5.13. The lowest BCUT2D eigenvalue weighted by Gasteiger charge is -2.17. The minimum absolute atomic E-state index is 0.0839. The fourth-order valence-electron chi connectivity index (χ4n) is 2.92. The molecular weight excluding hydrogens is 232 g/mol. The third-order valence-corrected chi connectivity index (χ3v) is 3.83. The molecule has 2 aliphatic rings. The van der Waals surface area contributed by atoms with E-state index in [-0.39, 0.29) is 17.4 Å². The number of nitrogens with zero attached hydrogens (tertiary/aromatic N) is 1. The van der Waals surface area contributed by atoms with Gasteiger partial charge in [0.2, 0.25) is 0 Å². The molecule has 0 aliphatic carbocycles. The number of likely N-dealkylation sites (tertiary alicyclic amines) is 1. The highest BCUT2D eigenvalue weighted by molar-refractivity contribution is 5.95. The maximum absolute atomic E-state index is 12.3. The fourth-order valence-corrected chi connectivity index (χ4v) is 2.92. The number of hydrogen-bond acceptors (Lipinski definition) is 4. The van der Waals surface area contributed by atoms with Crippen LogP contribution in [0.1, 0.15) is 10.4 Å². The van der Waals surface area contributed by atoms with Crippen molar-refractivity contribution >= 4 is 5.91 Å². The maximum Gasteiger partial charge on any atom is 0.254 e. The number of benzene rings is 1. The Bertz CT molecular complexity index is 457. The molecule has 0 spiro atoms. The van der Waals surface area contributed by atoms with Gasteiger partial charge in [-0.25, -0.2) is 0 Å². The molecule has 2 unspecified atom stereocenters. The van der Waals surface area contributed by atoms with Crippen molar-refractivity contribution in [2.45, 2.75) is 0 Å². The summed E-state index contributed by atoms with van der Waals surface area (Å²) in [7, 11) is 0. The summed E-state index contributed by atoms with van der Waals surface area (Å²) in [6, 6.07) is 4.02. The second-order valence-corrected chi connectivity index (χ2v) is 5.13. The minimum atomic E-state index is -0.115. The van der Waals surface area contributed by atoms with E-state index in [1.54, 1.807) is 0 Å². The number of hydrogen-bond donors (Lipinski definition) is 3. The molecule has 2 heterocycles. The van der Waals surface area contributed by atoms with Crippen LogP contribution < -0.4 is 5.32 Å². The predicted octanol–water partition coefficient (Wildman–Crippen LogP) is 0.389. The molecule has 0 saturated carbocycles. The van der Waals surface area contributed by atoms with Crippen LogP contribution in [0, 0.1) is 11.8 Å². The van der Waals surface area contributed by atoms with Crippen LogP contribution in [0.15, 0.2) is 18.2 Å². The Morgan fingerprint density at radius 2 is 1.67 bits per heavy atom. The van der Waals surface area contributed by atoms with Gasteiger partial charge in [0, 0.05) is 37.8 Å². The number of carbonyl (C=O) groups is 1. The Balaban J connectivity index is 1.78. The molecule has 0 aromatic heterocycles. The number of amides is 1. The SMILES string of the molecule is O=C(c1cc(O)cc(O)c1)N1CC2CNCC2C1. The van der Waals surface area contributed by atoms with E-state index >= 15 is 0 Å². The fraction of sp³-hybridized carbons (Fsp3) is 0.462. The van der Waals surface area contributed by atoms with Crippen molar-refractivity contribution in [2.24, 2.45) is 11.8 Å². The lowest BCUT2D eigenvalue weighted by atomic mass is 10.0. The van der Waals surface area contributed by atoms with Crippen LogP contribution in [0.4, 0.5) is 0 Å². The Morgan fingerprint density at radius 1 is 1.11 bits per heavy atom. The van der Waals surface area contributed by atoms with E-state index < -0.39 is 0 Å². The lowest BCUT2D eigenvalue weighted by Crippen LogP contribution is -2.31. The van der Waals surface area contributed by atoms with Crippen LogP contribution in [0.5, 0.6) is 11.5 Å². The first kappa shape index (κ1) is 11.3. The zero-order valence-corrected chi connectivity index (χ0v) is 9.97. The Morgan fingerprint density at radius 3 is 2.22 bits per heavy atom. The highest BCUT2D eigenvalue weighted by atomic mass is 16.3. The highest BCUT2D eigenvalue weighted by Crippen LogP contribution is 2.29. The van der Waals surface area contributed by atoms with Crippen molar-refractivity contribution in [1.82, 2.24) is 10.2 Å². The molecule has 5 nitrogen and oxygen atoms in total. The van der Waals surface area contributed by atoms with Gasteiger partial charge in [0.25, 0.3) is 5.91 Å². The van der Waals surface area contributed by atoms with Gasteiger partial charge in [0.05, 0.1) is 0 Å². The molecule has 0 radical (unpaired) electrons. The van der Waals surface area contributed by atoms with E-state index in [9.17, 15) is 15.0 Å². The molecule has 1 amide bonds. The Hall–Kier alpha value is -1.75. The Labute approximate surface area is 105 Å². The number of nitrogens with one attached hydrogen (secondary N) is 1. The summed E-state index contributed by atoms with van der Waals surface area (Å²) in [6.07, 6.45) is 0. The summed E-state index contributed by atoms with van der Waals surface area (Å²) in [4.78, 5) is 14.1. The highest BCUT2D eigenvalue weighted by Gasteiger charge is 2.38. The predicted molar refractivity (Wildman–Crippen MR) is 65.5 cm³/mol. The molecule has 18 heavy (non-hydrogen) atoms. The molecule has 2 saturated heterocycles. The molecule has 96 valence electrons. The van der Waals surface area contributed by atoms with E-state index in [0.717, 1.165) is 26.2 Å². The zero-order valence-electron chi connectivity index (χ0n) is 9.97. The number of aromatic hydroxyl groups is 2. The third kappa shape index (κ3) is 1.90. The second kappa shape index (κ2) is 4.17. The number of carbonyl (C=O) groups excluding carboxylic acids is 1. The van der Waals surface area contributed by atoms with E-state index in [0.29, 0.717) is 17.4 Å². The van der Waals surface area contributed by atoms with E-state index in [1.165, 1.54) is 18.2 Å². The van der Waals surface area contributed by atoms with Crippen molar-refractivity contribution in [1.29, 1.82) is 0 Å². The molecule has 5 heteroatoms. The van der Waals surface area contributed by atoms with Crippen molar-refractivity contribution in [3.05, 3.63) is 23.8 Å². The van der Waals surface area contributed by atoms with E-state index in [2.05, 4.69) is 5.32 Å². The van der Waals surface area contributed by atoms with Crippen LogP contribution in [0.2, 0.25) is 0 Å². The van der Waals surface area contributed by atoms with Gasteiger partial charge in [-0.1, -0.05) is 0 Å². The van der Waals surface area contributed by atoms with Crippen LogP contribution in [0.25, 0.3) is 0 Å². The van der Waals surface area contributed by atoms with Crippen LogP contribution >= 0.6 is 0 Å². The molecule has 2 atom stereocenters. The normalized spacial score (nSPS) is 26.3. The van der Waals surface area contributed by atoms with Crippen LogP contribution in [0.3, 0.4) is 0 Å². The van der Waals surface area contributed by atoms with Gasteiger partial charge in [-0.15, -0.1) is 0 Å². The summed E-state index contributed by atoms with van der Waals surface area (Å²) in [5.74, 6) is 0.800. The van der Waals surface area contributed by atoms with E-state index in [1.807, 2.05) is 4.90 Å². The van der Waals surface area contributed by atoms with Crippen LogP contribution in [-0.4, -0.2) is 47.2 Å². The molecule has 3 N–H and O–H groups in total. The van der Waals surface area contributed by atoms with Gasteiger partial charge >= 0.3 is 0 Å². The molecule has 3 rings (SSSR count). The lowest BCUT2D eigenvalue weighted by molar-refractivity contribution is 0.0781. The van der Waals surface area contributed by atoms with Crippen molar-refractivity contribution < 1.29 is 15.0 Å². The third-order valence-electron chi connectivity index (χ3n) is 3.83. The summed E-state index contributed by atoms with van der Waals surface area (Å²) < 4.78 is 0. The largest absolute Gasteiger partial charge is 0.508 e. The van der Waals surface area contributed by atoms with Crippen LogP contribution in [-0.2, 0) is 0 Å². The molecule has 1 aromatic carbocycles. The molecule has 0 bridgehead atoms. The smallest absolute Gasteiger partial charge is 0.254 e. The maximum atomic E-state index is 12.3. The number of phenols is 2. The molecule has 1 aromatic rings. The summed E-state index contributed by atoms with van der Waals surface area (Å²) in [6.45, 7) is 3.46. The average molecular weight is 248 g/mol. The Kier molecular flexibility index (Phi) is 2.63. The topological polar surface area (TPSA) is 72.8 Å². The minimum Gasteiger partial charge on any atom is -0.508 e. The monoisotopic (exact) mass is 248 g/mol. The van der Waals surface area contributed by atoms with Crippen molar-refractivity contribution in [3.8, 4) is 11.5 Å². The summed E-state index contributed by atoms with van der Waals surface area (Å²) in [5, 5.41) is 22.1. The summed E-state index contributed by atoms with van der Waals surface area (Å²) in [5.41, 5.74) is 0.348. The van der Waals surface area contributed by atoms with Gasteiger partial charge in [0.15, 0.2) is 0 Å². The van der Waals surface area contributed by atoms with E-state index in [4.69, 9.17) is 0 Å². The first-order chi connectivity index (χ1) is 8.63. The summed E-state index contributed by atoms with van der Waals surface area (Å²) >= 11 is 0. The first-order valence-corrected chi connectivity index (χ1v) is 6.16. The van der Waals surface area contributed by atoms with Gasteiger partial charge < -0.3 is 20.4 Å². The van der Waals surface area contributed by atoms with Gasteiger partial charge in [-0.3, -0.25) is 4.79 Å². The number of rotatable bonds is 1. The molecule has 2 aliphatic heterocycles. The van der Waals surface area contributed by atoms with Gasteiger partial charge in [-0.2, -0.15) is 0 Å². The zero-order chi connectivity index (χ0) is 12.7. The van der Waals surface area contributed by atoms with Gasteiger partial charge in [0.1, 0.15) is 11.5 Å². The first-order valence-electron chi connectivity index (χ1n) is 6.16. The quantitative estimate of drug-likeness (QED) is 0.672. The number of phenolic OH excluding ortho intramolecular Hbond substituents is 2. The van der Waals surface area contributed by atoms with Gasteiger partial charge in [-0.05, 0) is 24.0 Å². The van der Waals surface area contributed by atoms with Crippen molar-refractivity contribution in [3.63, 3.8) is 0 Å². The average Bonchev–Trinajstić information content (AvgIpc) is 2.86.